The number of carbonyl (C=O) groups is 1. The largest absolute Gasteiger partial charge is 0.324 e. The summed E-state index contributed by atoms with van der Waals surface area (Å²) in [6, 6.07) is 7.14. The molecule has 0 aliphatic carbocycles. The van der Waals surface area contributed by atoms with Gasteiger partial charge < -0.3 is 9.88 Å². The van der Waals surface area contributed by atoms with Gasteiger partial charge >= 0.3 is 0 Å². The van der Waals surface area contributed by atoms with Crippen molar-refractivity contribution in [1.82, 2.24) is 14.8 Å². The van der Waals surface area contributed by atoms with Gasteiger partial charge in [-0.15, -0.1) is 16.8 Å². The second-order valence-corrected chi connectivity index (χ2v) is 6.37. The van der Waals surface area contributed by atoms with Crippen molar-refractivity contribution in [2.24, 2.45) is 0 Å². The smallest absolute Gasteiger partial charge is 0.237 e. The van der Waals surface area contributed by atoms with E-state index in [9.17, 15) is 4.79 Å². The Morgan fingerprint density at radius 1 is 1.50 bits per heavy atom. The minimum Gasteiger partial charge on any atom is -0.324 e. The fourth-order valence-corrected chi connectivity index (χ4v) is 2.88. The number of nitrogens with zero attached hydrogens (tertiary/aromatic N) is 3. The van der Waals surface area contributed by atoms with Crippen LogP contribution in [0.5, 0.6) is 0 Å². The molecule has 0 radical (unpaired) electrons. The minimum absolute atomic E-state index is 0.135. The van der Waals surface area contributed by atoms with E-state index < -0.39 is 0 Å². The molecule has 2 aromatic rings. The Kier molecular flexibility index (Phi) is 5.63. The van der Waals surface area contributed by atoms with E-state index in [1.54, 1.807) is 18.2 Å². The van der Waals surface area contributed by atoms with Crippen LogP contribution in [0.1, 0.15) is 12.7 Å². The van der Waals surface area contributed by atoms with Crippen LogP contribution in [-0.2, 0) is 11.3 Å². The van der Waals surface area contributed by atoms with Crippen LogP contribution in [-0.4, -0.2) is 25.9 Å². The summed E-state index contributed by atoms with van der Waals surface area (Å²) in [5.74, 6) is 0.657. The van der Waals surface area contributed by atoms with Gasteiger partial charge in [0.1, 0.15) is 5.82 Å². The average Bonchev–Trinajstić information content (AvgIpc) is 2.83. The van der Waals surface area contributed by atoms with E-state index in [4.69, 9.17) is 11.6 Å². The van der Waals surface area contributed by atoms with Crippen molar-refractivity contribution in [3.8, 4) is 0 Å². The van der Waals surface area contributed by atoms with E-state index in [2.05, 4.69) is 22.1 Å². The monoisotopic (exact) mass is 336 g/mol. The Balaban J connectivity index is 2.06. The Labute approximate surface area is 138 Å². The SMILES string of the molecule is C=CCn1c(C)nnc1S[C@@H](C)C(=O)Nc1ccccc1Cl. The van der Waals surface area contributed by atoms with Crippen LogP contribution in [0.15, 0.2) is 42.1 Å². The lowest BCUT2D eigenvalue weighted by Crippen LogP contribution is -2.23. The normalized spacial score (nSPS) is 12.0. The maximum Gasteiger partial charge on any atom is 0.237 e. The first-order chi connectivity index (χ1) is 10.5. The zero-order valence-electron chi connectivity index (χ0n) is 12.4. The predicted molar refractivity (Wildman–Crippen MR) is 90.4 cm³/mol. The van der Waals surface area contributed by atoms with Gasteiger partial charge in [-0.3, -0.25) is 4.79 Å². The summed E-state index contributed by atoms with van der Waals surface area (Å²) in [7, 11) is 0. The number of halogens is 1. The predicted octanol–water partition coefficient (Wildman–Crippen LogP) is 3.55. The number of amides is 1. The third-order valence-corrected chi connectivity index (χ3v) is 4.41. The van der Waals surface area contributed by atoms with Crippen LogP contribution in [0.4, 0.5) is 5.69 Å². The number of thioether (sulfide) groups is 1. The lowest BCUT2D eigenvalue weighted by atomic mass is 10.3. The molecule has 0 unspecified atom stereocenters. The number of allylic oxidation sites excluding steroid dienone is 1. The molecule has 2 rings (SSSR count). The first-order valence-electron chi connectivity index (χ1n) is 6.75. The number of carbonyl (C=O) groups excluding carboxylic acids is 1. The van der Waals surface area contributed by atoms with E-state index in [0.717, 1.165) is 5.82 Å². The first kappa shape index (κ1) is 16.6. The summed E-state index contributed by atoms with van der Waals surface area (Å²) < 4.78 is 1.91. The Bertz CT molecular complexity index is 686. The van der Waals surface area contributed by atoms with Crippen molar-refractivity contribution >= 4 is 35.0 Å². The van der Waals surface area contributed by atoms with Gasteiger partial charge in [-0.05, 0) is 26.0 Å². The molecule has 1 aromatic heterocycles. The maximum absolute atomic E-state index is 12.3. The highest BCUT2D eigenvalue weighted by molar-refractivity contribution is 8.00. The minimum atomic E-state index is -0.330. The van der Waals surface area contributed by atoms with Crippen LogP contribution >= 0.6 is 23.4 Å². The zero-order valence-corrected chi connectivity index (χ0v) is 14.0. The highest BCUT2D eigenvalue weighted by atomic mass is 35.5. The van der Waals surface area contributed by atoms with Crippen LogP contribution in [0, 0.1) is 6.92 Å². The molecular formula is C15H17ClN4OS. The van der Waals surface area contributed by atoms with Gasteiger partial charge in [0.05, 0.1) is 16.0 Å². The molecule has 1 atom stereocenters. The maximum atomic E-state index is 12.3. The topological polar surface area (TPSA) is 59.8 Å². The van der Waals surface area contributed by atoms with Crippen molar-refractivity contribution in [3.05, 3.63) is 47.8 Å². The highest BCUT2D eigenvalue weighted by Crippen LogP contribution is 2.25. The Morgan fingerprint density at radius 3 is 2.91 bits per heavy atom. The lowest BCUT2D eigenvalue weighted by Gasteiger charge is -2.13. The van der Waals surface area contributed by atoms with Gasteiger partial charge in [0.15, 0.2) is 5.16 Å². The van der Waals surface area contributed by atoms with Gasteiger partial charge in [0.25, 0.3) is 0 Å². The van der Waals surface area contributed by atoms with Crippen molar-refractivity contribution in [2.45, 2.75) is 30.8 Å². The Hall–Kier alpha value is -1.79. The molecule has 0 aliphatic heterocycles. The number of benzene rings is 1. The number of aromatic nitrogens is 3. The van der Waals surface area contributed by atoms with Crippen LogP contribution < -0.4 is 5.32 Å². The number of rotatable bonds is 6. The van der Waals surface area contributed by atoms with Gasteiger partial charge in [0, 0.05) is 6.54 Å². The second-order valence-electron chi connectivity index (χ2n) is 4.66. The molecule has 0 bridgehead atoms. The van der Waals surface area contributed by atoms with E-state index >= 15 is 0 Å². The van der Waals surface area contributed by atoms with Crippen LogP contribution in [0.25, 0.3) is 0 Å². The summed E-state index contributed by atoms with van der Waals surface area (Å²) in [5, 5.41) is 11.8. The molecule has 1 N–H and O–H groups in total. The molecule has 22 heavy (non-hydrogen) atoms. The van der Waals surface area contributed by atoms with Crippen molar-refractivity contribution in [1.29, 1.82) is 0 Å². The summed E-state index contributed by atoms with van der Waals surface area (Å²) in [6.45, 7) is 8.02. The lowest BCUT2D eigenvalue weighted by molar-refractivity contribution is -0.115. The number of nitrogens with one attached hydrogen (secondary N) is 1. The highest BCUT2D eigenvalue weighted by Gasteiger charge is 2.19. The molecular weight excluding hydrogens is 320 g/mol. The van der Waals surface area contributed by atoms with E-state index in [0.29, 0.717) is 22.4 Å². The zero-order chi connectivity index (χ0) is 16.1. The molecule has 0 aliphatic rings. The standard InChI is InChI=1S/C15H17ClN4OS/c1-4-9-20-11(3)18-19-15(20)22-10(2)14(21)17-13-8-6-5-7-12(13)16/h4-8,10H,1,9H2,2-3H3,(H,17,21)/t10-/m0/s1. The van der Waals surface area contributed by atoms with Crippen molar-refractivity contribution in [2.75, 3.05) is 5.32 Å². The number of para-hydroxylation sites is 1. The van der Waals surface area contributed by atoms with Crippen molar-refractivity contribution < 1.29 is 4.79 Å². The van der Waals surface area contributed by atoms with Gasteiger partial charge in [0.2, 0.25) is 5.91 Å². The number of anilines is 1. The molecule has 1 heterocycles. The Morgan fingerprint density at radius 2 is 2.23 bits per heavy atom. The number of hydrogen-bond donors (Lipinski definition) is 1. The van der Waals surface area contributed by atoms with Gasteiger partial charge in [-0.1, -0.05) is 41.6 Å². The van der Waals surface area contributed by atoms with Crippen molar-refractivity contribution in [3.63, 3.8) is 0 Å². The number of hydrogen-bond acceptors (Lipinski definition) is 4. The molecule has 116 valence electrons. The molecule has 0 saturated carbocycles. The molecule has 7 heteroatoms. The summed E-state index contributed by atoms with van der Waals surface area (Å²) >= 11 is 7.39. The van der Waals surface area contributed by atoms with E-state index in [1.165, 1.54) is 11.8 Å². The quantitative estimate of drug-likeness (QED) is 0.647. The third-order valence-electron chi connectivity index (χ3n) is 3.00. The van der Waals surface area contributed by atoms with Gasteiger partial charge in [-0.2, -0.15) is 0 Å². The second kappa shape index (κ2) is 7.47. The first-order valence-corrected chi connectivity index (χ1v) is 8.01. The third kappa shape index (κ3) is 3.90. The number of aryl methyl sites for hydroxylation is 1. The fraction of sp³-hybridized carbons (Fsp3) is 0.267. The fourth-order valence-electron chi connectivity index (χ4n) is 1.80. The summed E-state index contributed by atoms with van der Waals surface area (Å²) in [5.41, 5.74) is 0.602. The molecule has 1 aromatic carbocycles. The molecule has 1 amide bonds. The van der Waals surface area contributed by atoms with E-state index in [-0.39, 0.29) is 11.2 Å². The molecule has 0 spiro atoms. The van der Waals surface area contributed by atoms with Crippen LogP contribution in [0.2, 0.25) is 5.02 Å². The summed E-state index contributed by atoms with van der Waals surface area (Å²) in [6.07, 6.45) is 1.77. The van der Waals surface area contributed by atoms with Crippen LogP contribution in [0.3, 0.4) is 0 Å². The van der Waals surface area contributed by atoms with Gasteiger partial charge in [-0.25, -0.2) is 0 Å². The average molecular weight is 337 g/mol. The molecule has 0 fully saturated rings. The van der Waals surface area contributed by atoms with E-state index in [1.807, 2.05) is 30.5 Å². The summed E-state index contributed by atoms with van der Waals surface area (Å²) in [4.78, 5) is 12.3. The molecule has 5 nitrogen and oxygen atoms in total. The molecule has 0 saturated heterocycles.